The van der Waals surface area contributed by atoms with Gasteiger partial charge in [-0.3, -0.25) is 5.10 Å². The summed E-state index contributed by atoms with van der Waals surface area (Å²) in [4.78, 5) is 0. The summed E-state index contributed by atoms with van der Waals surface area (Å²) < 4.78 is 20.6. The third-order valence-electron chi connectivity index (χ3n) is 2.17. The van der Waals surface area contributed by atoms with Crippen molar-refractivity contribution in [3.63, 3.8) is 0 Å². The van der Waals surface area contributed by atoms with Gasteiger partial charge in [-0.25, -0.2) is 9.07 Å². The molecule has 0 atom stereocenters. The first-order valence-electron chi connectivity index (χ1n) is 4.77. The zero-order valence-electron chi connectivity index (χ0n) is 8.74. The number of aromatic amines is 1. The van der Waals surface area contributed by atoms with Gasteiger partial charge in [0.1, 0.15) is 10.5 Å². The highest BCUT2D eigenvalue weighted by Crippen LogP contribution is 2.13. The maximum absolute atomic E-state index is 13.5. The Balaban J connectivity index is 2.48. The van der Waals surface area contributed by atoms with Crippen molar-refractivity contribution >= 4 is 12.2 Å². The van der Waals surface area contributed by atoms with Gasteiger partial charge in [-0.05, 0) is 18.2 Å². The van der Waals surface area contributed by atoms with Crippen LogP contribution in [0, 0.1) is 10.5 Å². The fourth-order valence-corrected chi connectivity index (χ4v) is 1.77. The molecule has 84 valence electrons. The summed E-state index contributed by atoms with van der Waals surface area (Å²) >= 11 is 5.14. The van der Waals surface area contributed by atoms with E-state index in [0.29, 0.717) is 16.9 Å². The van der Waals surface area contributed by atoms with Crippen molar-refractivity contribution in [3.05, 3.63) is 46.5 Å². The molecule has 0 bridgehead atoms. The second kappa shape index (κ2) is 4.59. The maximum Gasteiger partial charge on any atom is 0.148 e. The van der Waals surface area contributed by atoms with Gasteiger partial charge in [0.2, 0.25) is 0 Å². The van der Waals surface area contributed by atoms with Gasteiger partial charge in [-0.1, -0.05) is 24.4 Å². The molecule has 0 aliphatic rings. The van der Waals surface area contributed by atoms with E-state index >= 15 is 0 Å². The number of nitrogens with one attached hydrogen (secondary N) is 1. The Hall–Kier alpha value is -1.46. The monoisotopic (exact) mass is 238 g/mol. The molecule has 0 aliphatic heterocycles. The number of methoxy groups -OCH3 is 1. The van der Waals surface area contributed by atoms with Crippen LogP contribution in [0.25, 0.3) is 5.69 Å². The molecule has 1 heterocycles. The van der Waals surface area contributed by atoms with Crippen molar-refractivity contribution in [2.75, 3.05) is 7.11 Å². The van der Waals surface area contributed by atoms with E-state index in [1.165, 1.54) is 10.7 Å². The number of halogens is 1. The molecule has 0 spiro atoms. The predicted molar refractivity (Wildman–Crippen MR) is 61.6 cm³/mol. The van der Waals surface area contributed by atoms with Crippen LogP contribution >= 0.6 is 12.2 Å². The highest BCUT2D eigenvalue weighted by Gasteiger charge is 2.06. The summed E-state index contributed by atoms with van der Waals surface area (Å²) in [6.45, 7) is 0.422. The van der Waals surface area contributed by atoms with Gasteiger partial charge in [-0.2, -0.15) is 0 Å². The van der Waals surface area contributed by atoms with Gasteiger partial charge in [0.15, 0.2) is 0 Å². The van der Waals surface area contributed by atoms with Crippen LogP contribution in [0.1, 0.15) is 5.69 Å². The third-order valence-corrected chi connectivity index (χ3v) is 2.47. The van der Waals surface area contributed by atoms with Crippen molar-refractivity contribution in [3.8, 4) is 5.69 Å². The first-order valence-corrected chi connectivity index (χ1v) is 5.18. The Morgan fingerprint density at radius 2 is 2.19 bits per heavy atom. The van der Waals surface area contributed by atoms with E-state index < -0.39 is 0 Å². The van der Waals surface area contributed by atoms with Crippen molar-refractivity contribution < 1.29 is 9.13 Å². The molecule has 2 aromatic rings. The molecule has 5 heteroatoms. The van der Waals surface area contributed by atoms with Crippen LogP contribution in [0.5, 0.6) is 0 Å². The zero-order valence-corrected chi connectivity index (χ0v) is 9.55. The van der Waals surface area contributed by atoms with Crippen molar-refractivity contribution in [2.24, 2.45) is 0 Å². The Bertz CT molecular complexity index is 547. The van der Waals surface area contributed by atoms with Crippen LogP contribution in [0.2, 0.25) is 0 Å². The van der Waals surface area contributed by atoms with Crippen LogP contribution in [0.4, 0.5) is 4.39 Å². The van der Waals surface area contributed by atoms with Gasteiger partial charge < -0.3 is 4.74 Å². The number of para-hydroxylation sites is 1. The molecule has 0 radical (unpaired) electrons. The van der Waals surface area contributed by atoms with E-state index in [2.05, 4.69) is 5.10 Å². The van der Waals surface area contributed by atoms with Gasteiger partial charge >= 0.3 is 0 Å². The molecule has 1 aromatic carbocycles. The number of H-pyrrole nitrogens is 1. The van der Waals surface area contributed by atoms with E-state index in [0.717, 1.165) is 5.69 Å². The summed E-state index contributed by atoms with van der Waals surface area (Å²) in [7, 11) is 1.59. The van der Waals surface area contributed by atoms with Gasteiger partial charge in [-0.15, -0.1) is 0 Å². The largest absolute Gasteiger partial charge is 0.378 e. The highest BCUT2D eigenvalue weighted by atomic mass is 32.1. The average molecular weight is 238 g/mol. The standard InChI is InChI=1S/C11H11FN2OS/c1-15-7-8-6-11(16)14(13-8)10-5-3-2-4-9(10)12/h2-6,13H,7H2,1H3. The number of aromatic nitrogens is 2. The first kappa shape index (κ1) is 11.0. The second-order valence-corrected chi connectivity index (χ2v) is 3.76. The SMILES string of the molecule is COCc1cc(=S)n(-c2ccccc2F)[nH]1. The Kier molecular flexibility index (Phi) is 3.17. The summed E-state index contributed by atoms with van der Waals surface area (Å²) in [5, 5.41) is 2.99. The van der Waals surface area contributed by atoms with Crippen molar-refractivity contribution in [1.82, 2.24) is 9.78 Å². The molecular weight excluding hydrogens is 227 g/mol. The second-order valence-electron chi connectivity index (χ2n) is 3.34. The molecule has 0 amide bonds. The summed E-state index contributed by atoms with van der Waals surface area (Å²) in [6, 6.07) is 8.22. The molecule has 0 aliphatic carbocycles. The lowest BCUT2D eigenvalue weighted by molar-refractivity contribution is 0.181. The summed E-state index contributed by atoms with van der Waals surface area (Å²) in [5.74, 6) is -0.315. The molecule has 0 saturated heterocycles. The molecule has 3 nitrogen and oxygen atoms in total. The lowest BCUT2D eigenvalue weighted by Gasteiger charge is -2.03. The number of ether oxygens (including phenoxy) is 1. The maximum atomic E-state index is 13.5. The smallest absolute Gasteiger partial charge is 0.148 e. The van der Waals surface area contributed by atoms with Crippen LogP contribution in [0.3, 0.4) is 0 Å². The lowest BCUT2D eigenvalue weighted by Crippen LogP contribution is -2.00. The van der Waals surface area contributed by atoms with E-state index in [-0.39, 0.29) is 5.82 Å². The normalized spacial score (nSPS) is 10.6. The van der Waals surface area contributed by atoms with E-state index in [4.69, 9.17) is 17.0 Å². The van der Waals surface area contributed by atoms with Gasteiger partial charge in [0.05, 0.1) is 18.0 Å². The van der Waals surface area contributed by atoms with Crippen LogP contribution in [-0.2, 0) is 11.3 Å². The van der Waals surface area contributed by atoms with E-state index in [1.807, 2.05) is 0 Å². The topological polar surface area (TPSA) is 29.9 Å². The average Bonchev–Trinajstić information content (AvgIpc) is 2.61. The van der Waals surface area contributed by atoms with Crippen molar-refractivity contribution in [1.29, 1.82) is 0 Å². The highest BCUT2D eigenvalue weighted by molar-refractivity contribution is 7.71. The van der Waals surface area contributed by atoms with Gasteiger partial charge in [0.25, 0.3) is 0 Å². The fourth-order valence-electron chi connectivity index (χ4n) is 1.49. The third kappa shape index (κ3) is 2.05. The molecule has 1 N–H and O–H groups in total. The van der Waals surface area contributed by atoms with E-state index in [9.17, 15) is 4.39 Å². The first-order chi connectivity index (χ1) is 7.72. The lowest BCUT2D eigenvalue weighted by atomic mass is 10.3. The number of hydrogen-bond acceptors (Lipinski definition) is 2. The van der Waals surface area contributed by atoms with Crippen LogP contribution in [0.15, 0.2) is 30.3 Å². The summed E-state index contributed by atoms with van der Waals surface area (Å²) in [6.07, 6.45) is 0. The predicted octanol–water partition coefficient (Wildman–Crippen LogP) is 2.82. The fraction of sp³-hybridized carbons (Fsp3) is 0.182. The zero-order chi connectivity index (χ0) is 11.5. The molecule has 1 aromatic heterocycles. The molecule has 0 unspecified atom stereocenters. The molecular formula is C11H11FN2OS. The Labute approximate surface area is 97.5 Å². The number of hydrogen-bond donors (Lipinski definition) is 1. The molecule has 16 heavy (non-hydrogen) atoms. The van der Waals surface area contributed by atoms with Crippen molar-refractivity contribution in [2.45, 2.75) is 6.61 Å². The van der Waals surface area contributed by atoms with Gasteiger partial charge in [0, 0.05) is 7.11 Å². The summed E-state index contributed by atoms with van der Waals surface area (Å²) in [5.41, 5.74) is 1.23. The molecule has 0 fully saturated rings. The Morgan fingerprint density at radius 3 is 2.88 bits per heavy atom. The van der Waals surface area contributed by atoms with Crippen LogP contribution in [-0.4, -0.2) is 16.9 Å². The minimum Gasteiger partial charge on any atom is -0.378 e. The minimum atomic E-state index is -0.315. The molecule has 2 rings (SSSR count). The quantitative estimate of drug-likeness (QED) is 0.833. The Morgan fingerprint density at radius 1 is 1.44 bits per heavy atom. The van der Waals surface area contributed by atoms with Crippen LogP contribution < -0.4 is 0 Å². The molecule has 0 saturated carbocycles. The number of benzene rings is 1. The number of nitrogens with zero attached hydrogens (tertiary/aromatic N) is 1. The minimum absolute atomic E-state index is 0.315. The number of rotatable bonds is 3. The van der Waals surface area contributed by atoms with E-state index in [1.54, 1.807) is 31.4 Å².